The Balaban J connectivity index is 1.76. The van der Waals surface area contributed by atoms with Crippen LogP contribution in [0.1, 0.15) is 70.1 Å². The zero-order valence-corrected chi connectivity index (χ0v) is 19.0. The second-order valence-electron chi connectivity index (χ2n) is 8.88. The summed E-state index contributed by atoms with van der Waals surface area (Å²) in [6, 6.07) is 3.99. The summed E-state index contributed by atoms with van der Waals surface area (Å²) in [5, 5.41) is 3.40. The Morgan fingerprint density at radius 1 is 1.25 bits per heavy atom. The molecule has 6 heteroatoms. The van der Waals surface area contributed by atoms with Crippen molar-refractivity contribution in [3.8, 4) is 0 Å². The van der Waals surface area contributed by atoms with Crippen LogP contribution in [0, 0.1) is 5.41 Å². The maximum absolute atomic E-state index is 13.2. The number of carbonyl (C=O) groups is 2. The summed E-state index contributed by atoms with van der Waals surface area (Å²) in [4.78, 5) is 27.4. The smallest absolute Gasteiger partial charge is 0.337 e. The van der Waals surface area contributed by atoms with Crippen LogP contribution in [-0.2, 0) is 14.3 Å². The highest BCUT2D eigenvalue weighted by molar-refractivity contribution is 9.11. The zero-order valence-electron chi connectivity index (χ0n) is 16.6. The van der Waals surface area contributed by atoms with Gasteiger partial charge in [0.25, 0.3) is 0 Å². The minimum absolute atomic E-state index is 0.000103. The summed E-state index contributed by atoms with van der Waals surface area (Å²) in [6.45, 7) is 6.17. The lowest BCUT2D eigenvalue weighted by atomic mass is 9.70. The van der Waals surface area contributed by atoms with Crippen LogP contribution in [0.2, 0.25) is 0 Å². The number of rotatable bonds is 3. The summed E-state index contributed by atoms with van der Waals surface area (Å²) in [5.74, 6) is -0.493. The fourth-order valence-electron chi connectivity index (χ4n) is 4.70. The molecule has 0 spiro atoms. The van der Waals surface area contributed by atoms with Crippen molar-refractivity contribution in [2.75, 3.05) is 0 Å². The van der Waals surface area contributed by atoms with E-state index in [1.165, 1.54) is 0 Å². The molecule has 1 fully saturated rings. The number of ether oxygens (including phenoxy) is 1. The van der Waals surface area contributed by atoms with Crippen LogP contribution in [0.15, 0.2) is 38.5 Å². The molecule has 0 aromatic carbocycles. The second-order valence-corrected chi connectivity index (χ2v) is 11.4. The predicted octanol–water partition coefficient (Wildman–Crippen LogP) is 5.60. The molecule has 1 atom stereocenters. The van der Waals surface area contributed by atoms with Gasteiger partial charge in [-0.3, -0.25) is 4.79 Å². The molecule has 2 aliphatic carbocycles. The van der Waals surface area contributed by atoms with Gasteiger partial charge in [0, 0.05) is 28.3 Å². The van der Waals surface area contributed by atoms with Crippen molar-refractivity contribution in [3.05, 3.63) is 43.3 Å². The first-order chi connectivity index (χ1) is 13.2. The monoisotopic (exact) mass is 463 g/mol. The molecule has 0 saturated heterocycles. The van der Waals surface area contributed by atoms with E-state index < -0.39 is 0 Å². The van der Waals surface area contributed by atoms with Crippen molar-refractivity contribution in [1.82, 2.24) is 5.32 Å². The summed E-state index contributed by atoms with van der Waals surface area (Å²) in [6.07, 6.45) is 5.39. The quantitative estimate of drug-likeness (QED) is 0.592. The minimum atomic E-state index is -0.343. The molecule has 150 valence electrons. The van der Waals surface area contributed by atoms with Gasteiger partial charge < -0.3 is 10.1 Å². The third-order valence-electron chi connectivity index (χ3n) is 5.91. The number of hydrogen-bond acceptors (Lipinski definition) is 5. The molecule has 4 rings (SSSR count). The molecule has 2 heterocycles. The van der Waals surface area contributed by atoms with E-state index in [9.17, 15) is 9.59 Å². The van der Waals surface area contributed by atoms with Gasteiger partial charge in [-0.15, -0.1) is 11.3 Å². The summed E-state index contributed by atoms with van der Waals surface area (Å²) in [5.41, 5.74) is 3.03. The second kappa shape index (κ2) is 7.45. The molecule has 0 unspecified atom stereocenters. The highest BCUT2D eigenvalue weighted by Crippen LogP contribution is 2.48. The lowest BCUT2D eigenvalue weighted by Gasteiger charge is -2.39. The van der Waals surface area contributed by atoms with Gasteiger partial charge in [-0.25, -0.2) is 4.79 Å². The van der Waals surface area contributed by atoms with Crippen molar-refractivity contribution in [3.63, 3.8) is 0 Å². The molecule has 4 nitrogen and oxygen atoms in total. The van der Waals surface area contributed by atoms with Crippen LogP contribution in [0.3, 0.4) is 0 Å². The minimum Gasteiger partial charge on any atom is -0.459 e. The lowest BCUT2D eigenvalue weighted by molar-refractivity contribution is -0.144. The molecule has 28 heavy (non-hydrogen) atoms. The van der Waals surface area contributed by atoms with E-state index in [0.717, 1.165) is 57.7 Å². The Morgan fingerprint density at radius 3 is 2.61 bits per heavy atom. The maximum Gasteiger partial charge on any atom is 0.337 e. The number of hydrogen-bond donors (Lipinski definition) is 1. The highest BCUT2D eigenvalue weighted by atomic mass is 79.9. The number of esters is 1. The average molecular weight is 464 g/mol. The van der Waals surface area contributed by atoms with E-state index >= 15 is 0 Å². The Labute approximate surface area is 178 Å². The Hall–Kier alpha value is -1.40. The van der Waals surface area contributed by atoms with Gasteiger partial charge in [-0.1, -0.05) is 13.8 Å². The molecule has 1 saturated carbocycles. The fourth-order valence-corrected chi connectivity index (χ4v) is 6.24. The first-order valence-corrected chi connectivity index (χ1v) is 11.6. The van der Waals surface area contributed by atoms with E-state index in [-0.39, 0.29) is 29.2 Å². The van der Waals surface area contributed by atoms with Crippen LogP contribution in [0.5, 0.6) is 0 Å². The molecule has 1 aromatic rings. The van der Waals surface area contributed by atoms with Crippen molar-refractivity contribution in [2.24, 2.45) is 5.41 Å². The summed E-state index contributed by atoms with van der Waals surface area (Å²) in [7, 11) is 0. The van der Waals surface area contributed by atoms with Gasteiger partial charge in [0.15, 0.2) is 5.78 Å². The number of dihydropyridines is 1. The Morgan fingerprint density at radius 2 is 1.96 bits per heavy atom. The van der Waals surface area contributed by atoms with Gasteiger partial charge in [-0.05, 0) is 72.5 Å². The van der Waals surface area contributed by atoms with Crippen LogP contribution in [-0.4, -0.2) is 17.9 Å². The maximum atomic E-state index is 13.2. The van der Waals surface area contributed by atoms with Gasteiger partial charge in [0.2, 0.25) is 0 Å². The van der Waals surface area contributed by atoms with Gasteiger partial charge >= 0.3 is 5.97 Å². The molecular weight excluding hydrogens is 438 g/mol. The lowest BCUT2D eigenvalue weighted by Crippen LogP contribution is -2.38. The van der Waals surface area contributed by atoms with Crippen LogP contribution in [0.25, 0.3) is 0 Å². The highest BCUT2D eigenvalue weighted by Gasteiger charge is 2.44. The number of carbonyl (C=O) groups excluding carboxylic acids is 2. The molecule has 1 aliphatic heterocycles. The summed E-state index contributed by atoms with van der Waals surface area (Å²) >= 11 is 5.11. The van der Waals surface area contributed by atoms with Gasteiger partial charge in [0.05, 0.1) is 15.3 Å². The fraction of sp³-hybridized carbons (Fsp3) is 0.545. The molecule has 0 radical (unpaired) electrons. The molecule has 1 aromatic heterocycles. The number of nitrogens with one attached hydrogen (secondary N) is 1. The average Bonchev–Trinajstić information content (AvgIpc) is 3.23. The van der Waals surface area contributed by atoms with E-state index in [2.05, 4.69) is 35.1 Å². The molecule has 0 amide bonds. The van der Waals surface area contributed by atoms with Crippen molar-refractivity contribution in [2.45, 2.75) is 71.3 Å². The zero-order chi connectivity index (χ0) is 20.1. The third-order valence-corrected chi connectivity index (χ3v) is 7.60. The van der Waals surface area contributed by atoms with E-state index in [1.807, 2.05) is 19.1 Å². The normalized spacial score (nSPS) is 25.0. The Bertz CT molecular complexity index is 889. The predicted molar refractivity (Wildman–Crippen MR) is 114 cm³/mol. The van der Waals surface area contributed by atoms with Gasteiger partial charge in [-0.2, -0.15) is 0 Å². The first-order valence-electron chi connectivity index (χ1n) is 9.95. The van der Waals surface area contributed by atoms with E-state index in [4.69, 9.17) is 4.74 Å². The molecule has 3 aliphatic rings. The summed E-state index contributed by atoms with van der Waals surface area (Å²) < 4.78 is 6.85. The third kappa shape index (κ3) is 3.73. The van der Waals surface area contributed by atoms with Crippen LogP contribution >= 0.6 is 27.3 Å². The molecule has 0 bridgehead atoms. The topological polar surface area (TPSA) is 55.4 Å². The van der Waals surface area contributed by atoms with E-state index in [0.29, 0.717) is 12.0 Å². The number of halogens is 1. The SMILES string of the molecule is CC1=C(C(=O)OC2CCCC2)[C@H](c2ccc(Br)s2)C2=C(CC(C)(C)CC2=O)N1. The molecule has 1 N–H and O–H groups in total. The first kappa shape index (κ1) is 19.9. The van der Waals surface area contributed by atoms with Crippen molar-refractivity contribution >= 4 is 39.0 Å². The van der Waals surface area contributed by atoms with Crippen molar-refractivity contribution in [1.29, 1.82) is 0 Å². The standard InChI is InChI=1S/C22H26BrNO3S/c1-12-18(21(26)27-13-6-4-5-7-13)20(16-8-9-17(23)28-16)19-14(24-12)10-22(2,3)11-15(19)25/h8-9,13,20,24H,4-7,10-11H2,1-3H3/t20-/m0/s1. The number of thiophene rings is 1. The number of Topliss-reactive ketones (excluding diaryl/α,β-unsaturated/α-hetero) is 1. The molecular formula is C22H26BrNO3S. The van der Waals surface area contributed by atoms with E-state index in [1.54, 1.807) is 11.3 Å². The van der Waals surface area contributed by atoms with Crippen molar-refractivity contribution < 1.29 is 14.3 Å². The number of ketones is 1. The van der Waals surface area contributed by atoms with Gasteiger partial charge in [0.1, 0.15) is 6.10 Å². The Kier molecular flexibility index (Phi) is 5.29. The largest absolute Gasteiger partial charge is 0.459 e. The van der Waals surface area contributed by atoms with Crippen LogP contribution < -0.4 is 5.32 Å². The number of allylic oxidation sites excluding steroid dienone is 3. The van der Waals surface area contributed by atoms with Crippen LogP contribution in [0.4, 0.5) is 0 Å².